The van der Waals surface area contributed by atoms with Crippen LogP contribution in [0.15, 0.2) is 0 Å². The molecular weight excluding hydrogens is 200 g/mol. The number of nitrogens with one attached hydrogen (secondary N) is 1. The molecule has 0 saturated heterocycles. The van der Waals surface area contributed by atoms with E-state index >= 15 is 0 Å². The van der Waals surface area contributed by atoms with E-state index in [1.807, 2.05) is 0 Å². The molecule has 0 heterocycles. The summed E-state index contributed by atoms with van der Waals surface area (Å²) in [7, 11) is 0. The molecule has 3 nitrogen and oxygen atoms in total. The molecule has 0 aromatic rings. The third-order valence-corrected chi connectivity index (χ3v) is 3.16. The second kappa shape index (κ2) is 7.29. The van der Waals surface area contributed by atoms with Crippen molar-refractivity contribution in [2.24, 2.45) is 5.73 Å². The molecule has 1 fully saturated rings. The van der Waals surface area contributed by atoms with Gasteiger partial charge >= 0.3 is 0 Å². The average molecular weight is 222 g/mol. The minimum absolute atomic E-state index is 0.202. The highest BCUT2D eigenvalue weighted by Gasteiger charge is 2.16. The largest absolute Gasteiger partial charge is 0.351 e. The maximum absolute atomic E-state index is 11.5. The summed E-state index contributed by atoms with van der Waals surface area (Å²) in [5.41, 5.74) is 5.49. The van der Waals surface area contributed by atoms with Gasteiger partial charge < -0.3 is 11.1 Å². The number of rotatable bonds is 2. The lowest BCUT2D eigenvalue weighted by Gasteiger charge is -2.18. The number of nitrogens with two attached hydrogens (primary N) is 1. The Kier molecular flexibility index (Phi) is 5.95. The van der Waals surface area contributed by atoms with Gasteiger partial charge in [0.1, 0.15) is 6.04 Å². The SMILES string of the molecule is C#C[C@H](N)C(=O)NC1CCCCCCCC1. The van der Waals surface area contributed by atoms with Crippen molar-refractivity contribution >= 4 is 5.91 Å². The van der Waals surface area contributed by atoms with Crippen molar-refractivity contribution < 1.29 is 4.79 Å². The fourth-order valence-electron chi connectivity index (χ4n) is 2.14. The fourth-order valence-corrected chi connectivity index (χ4v) is 2.14. The van der Waals surface area contributed by atoms with E-state index in [9.17, 15) is 4.79 Å². The highest BCUT2D eigenvalue weighted by molar-refractivity contribution is 5.84. The van der Waals surface area contributed by atoms with Gasteiger partial charge in [0.25, 0.3) is 0 Å². The van der Waals surface area contributed by atoms with Gasteiger partial charge in [0.15, 0.2) is 0 Å². The zero-order chi connectivity index (χ0) is 11.8. The molecule has 1 saturated carbocycles. The van der Waals surface area contributed by atoms with E-state index in [4.69, 9.17) is 12.2 Å². The summed E-state index contributed by atoms with van der Waals surface area (Å²) in [5.74, 6) is 2.06. The third-order valence-electron chi connectivity index (χ3n) is 3.16. The van der Waals surface area contributed by atoms with Crippen LogP contribution in [0.3, 0.4) is 0 Å². The minimum atomic E-state index is -0.798. The van der Waals surface area contributed by atoms with Gasteiger partial charge in [-0.3, -0.25) is 4.79 Å². The van der Waals surface area contributed by atoms with Crippen LogP contribution in [0.4, 0.5) is 0 Å². The molecule has 1 atom stereocenters. The molecule has 0 aromatic heterocycles. The van der Waals surface area contributed by atoms with Gasteiger partial charge in [-0.15, -0.1) is 6.42 Å². The van der Waals surface area contributed by atoms with Gasteiger partial charge in [0.05, 0.1) is 0 Å². The molecule has 0 spiro atoms. The van der Waals surface area contributed by atoms with Gasteiger partial charge in [-0.25, -0.2) is 0 Å². The Bertz CT molecular complexity index is 247. The molecular formula is C13H22N2O. The van der Waals surface area contributed by atoms with Crippen molar-refractivity contribution in [2.75, 3.05) is 0 Å². The van der Waals surface area contributed by atoms with Crippen LogP contribution in [0.25, 0.3) is 0 Å². The summed E-state index contributed by atoms with van der Waals surface area (Å²) < 4.78 is 0. The Hall–Kier alpha value is -1.01. The lowest BCUT2D eigenvalue weighted by atomic mass is 10.0. The Morgan fingerprint density at radius 1 is 1.19 bits per heavy atom. The normalized spacial score (nSPS) is 21.0. The van der Waals surface area contributed by atoms with E-state index in [1.54, 1.807) is 0 Å². The predicted octanol–water partition coefficient (Wildman–Crippen LogP) is 1.57. The summed E-state index contributed by atoms with van der Waals surface area (Å²) >= 11 is 0. The van der Waals surface area contributed by atoms with Crippen LogP contribution in [0.1, 0.15) is 51.4 Å². The Morgan fingerprint density at radius 2 is 1.69 bits per heavy atom. The van der Waals surface area contributed by atoms with E-state index in [1.165, 1.54) is 38.5 Å². The maximum Gasteiger partial charge on any atom is 0.249 e. The standard InChI is InChI=1S/C13H22N2O/c1-2-12(14)13(16)15-11-9-7-5-3-4-6-8-10-11/h1,11-12H,3-10,14H2,(H,15,16)/t12-/m0/s1. The van der Waals surface area contributed by atoms with E-state index in [0.717, 1.165) is 12.8 Å². The first kappa shape index (κ1) is 13.1. The molecule has 0 unspecified atom stereocenters. The van der Waals surface area contributed by atoms with Crippen molar-refractivity contribution in [2.45, 2.75) is 63.5 Å². The first-order chi connectivity index (χ1) is 7.74. The molecule has 1 aliphatic carbocycles. The lowest BCUT2D eigenvalue weighted by molar-refractivity contribution is -0.122. The summed E-state index contributed by atoms with van der Waals surface area (Å²) in [6.45, 7) is 0. The topological polar surface area (TPSA) is 55.1 Å². The van der Waals surface area contributed by atoms with Crippen molar-refractivity contribution in [3.8, 4) is 12.3 Å². The third kappa shape index (κ3) is 4.67. The van der Waals surface area contributed by atoms with Crippen LogP contribution in [0, 0.1) is 12.3 Å². The van der Waals surface area contributed by atoms with Crippen LogP contribution in [-0.4, -0.2) is 18.0 Å². The first-order valence-corrected chi connectivity index (χ1v) is 6.26. The lowest BCUT2D eigenvalue weighted by Crippen LogP contribution is -2.44. The summed E-state index contributed by atoms with van der Waals surface area (Å²) in [4.78, 5) is 11.5. The van der Waals surface area contributed by atoms with E-state index in [0.29, 0.717) is 0 Å². The summed E-state index contributed by atoms with van der Waals surface area (Å²) in [6, 6.07) is -0.530. The molecule has 1 rings (SSSR count). The Balaban J connectivity index is 2.38. The van der Waals surface area contributed by atoms with Crippen LogP contribution in [-0.2, 0) is 4.79 Å². The summed E-state index contributed by atoms with van der Waals surface area (Å²) in [5, 5.41) is 2.96. The van der Waals surface area contributed by atoms with Crippen LogP contribution < -0.4 is 11.1 Å². The molecule has 1 amide bonds. The number of terminal acetylenes is 1. The molecule has 90 valence electrons. The van der Waals surface area contributed by atoms with Gasteiger partial charge in [0.2, 0.25) is 5.91 Å². The van der Waals surface area contributed by atoms with E-state index in [-0.39, 0.29) is 11.9 Å². The van der Waals surface area contributed by atoms with Gasteiger partial charge in [-0.05, 0) is 12.8 Å². The average Bonchev–Trinajstić information content (AvgIpc) is 2.42. The molecule has 1 aliphatic rings. The monoisotopic (exact) mass is 222 g/mol. The minimum Gasteiger partial charge on any atom is -0.351 e. The molecule has 3 N–H and O–H groups in total. The van der Waals surface area contributed by atoms with Crippen molar-refractivity contribution in [3.05, 3.63) is 0 Å². The highest BCUT2D eigenvalue weighted by Crippen LogP contribution is 2.16. The highest BCUT2D eigenvalue weighted by atomic mass is 16.2. The smallest absolute Gasteiger partial charge is 0.249 e. The van der Waals surface area contributed by atoms with Crippen LogP contribution in [0.5, 0.6) is 0 Å². The Labute approximate surface area is 98.2 Å². The molecule has 0 radical (unpaired) electrons. The molecule has 0 bridgehead atoms. The first-order valence-electron chi connectivity index (χ1n) is 6.26. The Morgan fingerprint density at radius 3 is 2.19 bits per heavy atom. The molecule has 0 aliphatic heterocycles. The van der Waals surface area contributed by atoms with Gasteiger partial charge in [0, 0.05) is 6.04 Å². The van der Waals surface area contributed by atoms with Gasteiger partial charge in [-0.1, -0.05) is 44.4 Å². The maximum atomic E-state index is 11.5. The number of carbonyl (C=O) groups excluding carboxylic acids is 1. The van der Waals surface area contributed by atoms with Crippen LogP contribution in [0.2, 0.25) is 0 Å². The summed E-state index contributed by atoms with van der Waals surface area (Å²) in [6.07, 6.45) is 14.8. The van der Waals surface area contributed by atoms with E-state index in [2.05, 4.69) is 11.2 Å². The number of amides is 1. The van der Waals surface area contributed by atoms with Crippen molar-refractivity contribution in [3.63, 3.8) is 0 Å². The van der Waals surface area contributed by atoms with Gasteiger partial charge in [-0.2, -0.15) is 0 Å². The fraction of sp³-hybridized carbons (Fsp3) is 0.769. The predicted molar refractivity (Wildman–Crippen MR) is 65.7 cm³/mol. The second-order valence-corrected chi connectivity index (χ2v) is 4.55. The zero-order valence-electron chi connectivity index (χ0n) is 9.87. The van der Waals surface area contributed by atoms with E-state index < -0.39 is 6.04 Å². The van der Waals surface area contributed by atoms with Crippen molar-refractivity contribution in [1.29, 1.82) is 0 Å². The molecule has 0 aromatic carbocycles. The molecule has 16 heavy (non-hydrogen) atoms. The number of hydrogen-bond acceptors (Lipinski definition) is 2. The zero-order valence-corrected chi connectivity index (χ0v) is 9.87. The van der Waals surface area contributed by atoms with Crippen molar-refractivity contribution in [1.82, 2.24) is 5.32 Å². The second-order valence-electron chi connectivity index (χ2n) is 4.55. The number of hydrogen-bond donors (Lipinski definition) is 2. The number of carbonyl (C=O) groups is 1. The van der Waals surface area contributed by atoms with Crippen LogP contribution >= 0.6 is 0 Å². The quantitative estimate of drug-likeness (QED) is 0.697. The molecule has 3 heteroatoms.